The highest BCUT2D eigenvalue weighted by molar-refractivity contribution is 5.83. The average Bonchev–Trinajstić information content (AvgIpc) is 2.67. The minimum absolute atomic E-state index is 0.0224. The average molecular weight is 156 g/mol. The summed E-state index contributed by atoms with van der Waals surface area (Å²) in [5.41, 5.74) is -0.479. The van der Waals surface area contributed by atoms with Gasteiger partial charge in [0.15, 0.2) is 0 Å². The van der Waals surface area contributed by atoms with Crippen molar-refractivity contribution in [3.05, 3.63) is 6.42 Å². The summed E-state index contributed by atoms with van der Waals surface area (Å²) in [6, 6.07) is 0. The van der Waals surface area contributed by atoms with Gasteiger partial charge in [0.25, 0.3) is 0 Å². The molecule has 1 aliphatic rings. The number of carbonyl (C=O) groups is 1. The van der Waals surface area contributed by atoms with Crippen LogP contribution in [0.3, 0.4) is 0 Å². The molecule has 11 heavy (non-hydrogen) atoms. The monoisotopic (exact) mass is 156 g/mol. The number of hydrogen-bond donors (Lipinski definition) is 2. The third-order valence-corrected chi connectivity index (χ3v) is 1.67. The molecular weight excluding hydrogens is 142 g/mol. The van der Waals surface area contributed by atoms with Gasteiger partial charge in [-0.2, -0.15) is 0 Å². The summed E-state index contributed by atoms with van der Waals surface area (Å²) in [6.45, 7) is 3.58. The van der Waals surface area contributed by atoms with Crippen LogP contribution in [-0.4, -0.2) is 23.2 Å². The van der Waals surface area contributed by atoms with Crippen molar-refractivity contribution in [3.63, 3.8) is 0 Å². The van der Waals surface area contributed by atoms with Gasteiger partial charge in [-0.15, -0.1) is 0 Å². The minimum Gasteiger partial charge on any atom is -0.394 e. The number of amides is 1. The van der Waals surface area contributed by atoms with Crippen LogP contribution in [0.1, 0.15) is 20.3 Å². The topological polar surface area (TPSA) is 49.3 Å². The molecule has 0 aromatic heterocycles. The first-order valence-electron chi connectivity index (χ1n) is 3.81. The SMILES string of the molecule is CC(C)(CO)NC(=O)C1[CH]C1. The first kappa shape index (κ1) is 8.53. The van der Waals surface area contributed by atoms with Crippen molar-refractivity contribution in [2.24, 2.45) is 5.92 Å². The maximum atomic E-state index is 11.1. The number of hydrogen-bond acceptors (Lipinski definition) is 2. The highest BCUT2D eigenvalue weighted by Crippen LogP contribution is 2.27. The Morgan fingerprint density at radius 2 is 2.36 bits per heavy atom. The summed E-state index contributed by atoms with van der Waals surface area (Å²) < 4.78 is 0. The normalized spacial score (nSPS) is 18.1. The summed E-state index contributed by atoms with van der Waals surface area (Å²) in [6.07, 6.45) is 2.83. The third-order valence-electron chi connectivity index (χ3n) is 1.67. The smallest absolute Gasteiger partial charge is 0.223 e. The van der Waals surface area contributed by atoms with Crippen molar-refractivity contribution in [2.75, 3.05) is 6.61 Å². The molecule has 3 heteroatoms. The predicted molar refractivity (Wildman–Crippen MR) is 41.7 cm³/mol. The Hall–Kier alpha value is -0.570. The van der Waals surface area contributed by atoms with Gasteiger partial charge < -0.3 is 10.4 Å². The summed E-state index contributed by atoms with van der Waals surface area (Å²) in [5, 5.41) is 11.6. The molecule has 1 unspecified atom stereocenters. The summed E-state index contributed by atoms with van der Waals surface area (Å²) in [7, 11) is 0. The highest BCUT2D eigenvalue weighted by atomic mass is 16.3. The lowest BCUT2D eigenvalue weighted by molar-refractivity contribution is -0.124. The lowest BCUT2D eigenvalue weighted by Crippen LogP contribution is -2.46. The van der Waals surface area contributed by atoms with Crippen LogP contribution in [0.15, 0.2) is 0 Å². The van der Waals surface area contributed by atoms with Crippen molar-refractivity contribution in [1.82, 2.24) is 5.32 Å². The van der Waals surface area contributed by atoms with E-state index in [1.54, 1.807) is 13.8 Å². The summed E-state index contributed by atoms with van der Waals surface area (Å²) >= 11 is 0. The number of rotatable bonds is 3. The van der Waals surface area contributed by atoms with Crippen LogP contribution in [0.25, 0.3) is 0 Å². The molecule has 1 aliphatic carbocycles. The second-order valence-corrected chi connectivity index (χ2v) is 3.61. The molecular formula is C8H14NO2. The van der Waals surface area contributed by atoms with E-state index >= 15 is 0 Å². The Morgan fingerprint density at radius 3 is 2.73 bits per heavy atom. The third kappa shape index (κ3) is 2.50. The fourth-order valence-electron chi connectivity index (χ4n) is 0.748. The van der Waals surface area contributed by atoms with Crippen molar-refractivity contribution < 1.29 is 9.90 Å². The largest absolute Gasteiger partial charge is 0.394 e. The van der Waals surface area contributed by atoms with Gasteiger partial charge in [0.2, 0.25) is 5.91 Å². The second-order valence-electron chi connectivity index (χ2n) is 3.61. The van der Waals surface area contributed by atoms with E-state index in [9.17, 15) is 4.79 Å². The molecule has 0 spiro atoms. The van der Waals surface area contributed by atoms with Gasteiger partial charge in [-0.05, 0) is 26.7 Å². The van der Waals surface area contributed by atoms with Crippen LogP contribution in [0.2, 0.25) is 0 Å². The number of nitrogens with one attached hydrogen (secondary N) is 1. The van der Waals surface area contributed by atoms with Crippen LogP contribution >= 0.6 is 0 Å². The maximum absolute atomic E-state index is 11.1. The van der Waals surface area contributed by atoms with E-state index in [1.165, 1.54) is 0 Å². The van der Waals surface area contributed by atoms with Gasteiger partial charge >= 0.3 is 0 Å². The zero-order chi connectivity index (χ0) is 8.48. The Balaban J connectivity index is 2.33. The molecule has 0 heterocycles. The van der Waals surface area contributed by atoms with E-state index in [0.717, 1.165) is 6.42 Å². The molecule has 2 N–H and O–H groups in total. The van der Waals surface area contributed by atoms with E-state index in [4.69, 9.17) is 5.11 Å². The molecule has 1 radical (unpaired) electrons. The lowest BCUT2D eigenvalue weighted by atomic mass is 10.1. The van der Waals surface area contributed by atoms with Gasteiger partial charge in [0.1, 0.15) is 0 Å². The first-order valence-corrected chi connectivity index (χ1v) is 3.81. The fourth-order valence-corrected chi connectivity index (χ4v) is 0.748. The Kier molecular flexibility index (Phi) is 2.18. The molecule has 1 rings (SSSR count). The van der Waals surface area contributed by atoms with Gasteiger partial charge in [0, 0.05) is 5.92 Å². The van der Waals surface area contributed by atoms with Crippen molar-refractivity contribution in [3.8, 4) is 0 Å². The fraction of sp³-hybridized carbons (Fsp3) is 0.750. The van der Waals surface area contributed by atoms with E-state index < -0.39 is 5.54 Å². The highest BCUT2D eigenvalue weighted by Gasteiger charge is 2.32. The molecule has 0 saturated heterocycles. The van der Waals surface area contributed by atoms with Crippen LogP contribution in [0.5, 0.6) is 0 Å². The van der Waals surface area contributed by atoms with Gasteiger partial charge in [-0.25, -0.2) is 0 Å². The van der Waals surface area contributed by atoms with Gasteiger partial charge in [-0.1, -0.05) is 0 Å². The molecule has 0 aliphatic heterocycles. The standard InChI is InChI=1S/C8H14NO2/c1-8(2,5-10)9-7(11)6-3-4-6/h3,6,10H,4-5H2,1-2H3,(H,9,11). The molecule has 0 aromatic carbocycles. The summed E-state index contributed by atoms with van der Waals surface area (Å²) in [4.78, 5) is 11.1. The number of aliphatic hydroxyl groups is 1. The van der Waals surface area contributed by atoms with Gasteiger partial charge in [0.05, 0.1) is 12.1 Å². The molecule has 63 valence electrons. The van der Waals surface area contributed by atoms with Gasteiger partial charge in [-0.3, -0.25) is 4.79 Å². The van der Waals surface area contributed by atoms with E-state index in [-0.39, 0.29) is 18.4 Å². The first-order chi connectivity index (χ1) is 5.05. The molecule has 1 amide bonds. The molecule has 1 fully saturated rings. The Morgan fingerprint density at radius 1 is 1.82 bits per heavy atom. The van der Waals surface area contributed by atoms with Crippen LogP contribution in [0, 0.1) is 12.3 Å². The van der Waals surface area contributed by atoms with Crippen molar-refractivity contribution >= 4 is 5.91 Å². The quantitative estimate of drug-likeness (QED) is 0.608. The lowest BCUT2D eigenvalue weighted by Gasteiger charge is -2.23. The van der Waals surface area contributed by atoms with Crippen LogP contribution in [-0.2, 0) is 4.79 Å². The Labute approximate surface area is 66.8 Å². The zero-order valence-electron chi connectivity index (χ0n) is 6.92. The molecule has 0 aromatic rings. The van der Waals surface area contributed by atoms with E-state index in [0.29, 0.717) is 0 Å². The van der Waals surface area contributed by atoms with Crippen LogP contribution < -0.4 is 5.32 Å². The van der Waals surface area contributed by atoms with Crippen molar-refractivity contribution in [2.45, 2.75) is 25.8 Å². The number of aliphatic hydroxyl groups excluding tert-OH is 1. The molecule has 0 bridgehead atoms. The second kappa shape index (κ2) is 2.81. The zero-order valence-corrected chi connectivity index (χ0v) is 6.92. The molecule has 1 atom stereocenters. The number of carbonyl (C=O) groups excluding carboxylic acids is 1. The van der Waals surface area contributed by atoms with Crippen LogP contribution in [0.4, 0.5) is 0 Å². The van der Waals surface area contributed by atoms with Crippen molar-refractivity contribution in [1.29, 1.82) is 0 Å². The molecule has 1 saturated carbocycles. The predicted octanol–water partition coefficient (Wildman–Crippen LogP) is 0.0977. The van der Waals surface area contributed by atoms with E-state index in [1.807, 2.05) is 6.42 Å². The molecule has 3 nitrogen and oxygen atoms in total. The summed E-state index contributed by atoms with van der Waals surface area (Å²) in [5.74, 6) is 0.130. The maximum Gasteiger partial charge on any atom is 0.223 e. The minimum atomic E-state index is -0.479. The van der Waals surface area contributed by atoms with E-state index in [2.05, 4.69) is 5.32 Å². The Bertz CT molecular complexity index is 161.